The normalized spacial score (nSPS) is 25.0. The van der Waals surface area contributed by atoms with Crippen LogP contribution in [0.25, 0.3) is 0 Å². The Morgan fingerprint density at radius 1 is 0.833 bits per heavy atom. The van der Waals surface area contributed by atoms with Gasteiger partial charge in [-0.15, -0.1) is 0 Å². The summed E-state index contributed by atoms with van der Waals surface area (Å²) in [5.41, 5.74) is -3.70. The summed E-state index contributed by atoms with van der Waals surface area (Å²) < 4.78 is 63.4. The number of carboxylic acids is 2. The molecule has 0 radical (unpaired) electrons. The minimum absolute atomic E-state index is 0.496. The van der Waals surface area contributed by atoms with Crippen LogP contribution in [0.4, 0.5) is 0 Å². The summed E-state index contributed by atoms with van der Waals surface area (Å²) in [7, 11) is -10.6. The van der Waals surface area contributed by atoms with Gasteiger partial charge in [0.25, 0.3) is 32.1 Å². The van der Waals surface area contributed by atoms with Crippen LogP contribution >= 0.6 is 0 Å². The number of amides is 4. The zero-order valence-electron chi connectivity index (χ0n) is 14.4. The van der Waals surface area contributed by atoms with Gasteiger partial charge in [-0.2, -0.15) is 16.8 Å². The zero-order valence-corrected chi connectivity index (χ0v) is 16.0. The minimum atomic E-state index is -5.29. The van der Waals surface area contributed by atoms with Crippen molar-refractivity contribution >= 4 is 55.8 Å². The van der Waals surface area contributed by atoms with Crippen LogP contribution in [-0.4, -0.2) is 97.7 Å². The van der Waals surface area contributed by atoms with Crippen LogP contribution in [0.2, 0.25) is 0 Å². The van der Waals surface area contributed by atoms with E-state index in [1.165, 1.54) is 0 Å². The zero-order chi connectivity index (χ0) is 23.4. The maximum atomic E-state index is 12.4. The van der Waals surface area contributed by atoms with E-state index in [0.717, 1.165) is 0 Å². The van der Waals surface area contributed by atoms with Crippen molar-refractivity contribution in [2.75, 3.05) is 0 Å². The van der Waals surface area contributed by atoms with E-state index in [-0.39, 0.29) is 0 Å². The summed E-state index contributed by atoms with van der Waals surface area (Å²) in [6, 6.07) is 0. The van der Waals surface area contributed by atoms with E-state index < -0.39 is 101 Å². The van der Waals surface area contributed by atoms with Gasteiger partial charge in [0.05, 0.1) is 19.3 Å². The first-order valence-electron chi connectivity index (χ1n) is 7.57. The molecule has 30 heavy (non-hydrogen) atoms. The Balaban J connectivity index is 2.78. The number of hydrogen-bond acceptors (Lipinski definition) is 10. The van der Waals surface area contributed by atoms with Crippen LogP contribution in [0, 0.1) is 0 Å². The van der Waals surface area contributed by atoms with E-state index in [1.807, 2.05) is 0 Å². The number of aliphatic carboxylic acids is 2. The predicted molar refractivity (Wildman–Crippen MR) is 86.2 cm³/mol. The molecule has 4 N–H and O–H groups in total. The SMILES string of the molecule is O=C(O)CC(C(=O)O)(N1C(=O)CC(S(=O)(=O)O)C1=O)N1C(=O)CC(S(=O)(=O)O)C1=O. The monoisotopic (exact) mass is 472 g/mol. The van der Waals surface area contributed by atoms with Crippen LogP contribution in [0.5, 0.6) is 0 Å². The van der Waals surface area contributed by atoms with Crippen LogP contribution in [0.1, 0.15) is 19.3 Å². The highest BCUT2D eigenvalue weighted by Gasteiger charge is 2.67. The molecule has 16 nitrogen and oxygen atoms in total. The molecule has 0 aromatic rings. The van der Waals surface area contributed by atoms with Crippen molar-refractivity contribution in [2.24, 2.45) is 0 Å². The quantitative estimate of drug-likeness (QED) is 0.205. The number of rotatable bonds is 7. The molecule has 0 aliphatic carbocycles. The van der Waals surface area contributed by atoms with E-state index in [0.29, 0.717) is 0 Å². The Morgan fingerprint density at radius 2 is 1.17 bits per heavy atom. The van der Waals surface area contributed by atoms with Gasteiger partial charge in [0.15, 0.2) is 10.5 Å². The van der Waals surface area contributed by atoms with E-state index in [1.54, 1.807) is 0 Å². The van der Waals surface area contributed by atoms with Gasteiger partial charge < -0.3 is 10.2 Å². The fourth-order valence-electron chi connectivity index (χ4n) is 3.19. The Kier molecular flexibility index (Phi) is 5.50. The molecule has 2 saturated heterocycles. The number of likely N-dealkylation sites (tertiary alicyclic amines) is 2. The average molecular weight is 472 g/mol. The largest absolute Gasteiger partial charge is 0.481 e. The highest BCUT2D eigenvalue weighted by atomic mass is 32.2. The molecule has 2 fully saturated rings. The molecule has 0 saturated carbocycles. The van der Waals surface area contributed by atoms with Gasteiger partial charge in [0.1, 0.15) is 0 Å². The number of imide groups is 2. The van der Waals surface area contributed by atoms with Crippen molar-refractivity contribution < 1.29 is 64.9 Å². The lowest BCUT2D eigenvalue weighted by molar-refractivity contribution is -0.185. The van der Waals surface area contributed by atoms with Crippen molar-refractivity contribution in [2.45, 2.75) is 35.4 Å². The number of nitrogens with zero attached hydrogens (tertiary/aromatic N) is 2. The Bertz CT molecular complexity index is 1020. The molecular weight excluding hydrogens is 460 g/mol. The smallest absolute Gasteiger partial charge is 0.352 e. The summed E-state index contributed by atoms with van der Waals surface area (Å²) in [5.74, 6) is -11.8. The molecular formula is C12H12N2O14S2. The molecule has 0 aromatic heterocycles. The van der Waals surface area contributed by atoms with Crippen molar-refractivity contribution in [1.82, 2.24) is 9.80 Å². The molecule has 0 bridgehead atoms. The molecule has 2 unspecified atom stereocenters. The van der Waals surface area contributed by atoms with Gasteiger partial charge >= 0.3 is 11.9 Å². The molecule has 4 amide bonds. The lowest BCUT2D eigenvalue weighted by Crippen LogP contribution is -2.70. The fourth-order valence-corrected chi connectivity index (χ4v) is 4.61. The maximum Gasteiger partial charge on any atom is 0.352 e. The first-order valence-corrected chi connectivity index (χ1v) is 10.6. The number of carboxylic acid groups (broad SMARTS) is 2. The second kappa shape index (κ2) is 7.07. The number of carbonyl (C=O) groups is 6. The van der Waals surface area contributed by atoms with Crippen molar-refractivity contribution in [3.05, 3.63) is 0 Å². The van der Waals surface area contributed by atoms with E-state index in [2.05, 4.69) is 0 Å². The third kappa shape index (κ3) is 3.53. The topological polar surface area (TPSA) is 258 Å². The highest BCUT2D eigenvalue weighted by Crippen LogP contribution is 2.37. The maximum absolute atomic E-state index is 12.4. The lowest BCUT2D eigenvalue weighted by Gasteiger charge is -2.41. The summed E-state index contributed by atoms with van der Waals surface area (Å²) in [6.45, 7) is 0. The second-order valence-electron chi connectivity index (χ2n) is 6.24. The van der Waals surface area contributed by atoms with Gasteiger partial charge in [-0.3, -0.25) is 33.1 Å². The molecule has 2 aliphatic rings. The summed E-state index contributed by atoms with van der Waals surface area (Å²) in [5, 5.41) is 13.7. The molecule has 166 valence electrons. The first-order chi connectivity index (χ1) is 13.5. The van der Waals surface area contributed by atoms with Gasteiger partial charge in [0, 0.05) is 0 Å². The Hall–Kier alpha value is -2.96. The molecule has 2 rings (SSSR count). The third-order valence-corrected chi connectivity index (χ3v) is 6.58. The highest BCUT2D eigenvalue weighted by molar-refractivity contribution is 7.87. The van der Waals surface area contributed by atoms with Gasteiger partial charge in [-0.1, -0.05) is 0 Å². The Labute approximate surface area is 166 Å². The third-order valence-electron chi connectivity index (χ3n) is 4.41. The van der Waals surface area contributed by atoms with Gasteiger partial charge in [-0.25, -0.2) is 14.6 Å². The predicted octanol–water partition coefficient (Wildman–Crippen LogP) is -3.73. The molecule has 18 heteroatoms. The van der Waals surface area contributed by atoms with E-state index >= 15 is 0 Å². The molecule has 0 aromatic carbocycles. The van der Waals surface area contributed by atoms with Gasteiger partial charge in [0.2, 0.25) is 17.5 Å². The first kappa shape index (κ1) is 23.3. The average Bonchev–Trinajstić information content (AvgIpc) is 3.01. The number of hydrogen-bond donors (Lipinski definition) is 4. The van der Waals surface area contributed by atoms with Crippen LogP contribution in [0.15, 0.2) is 0 Å². The molecule has 0 spiro atoms. The van der Waals surface area contributed by atoms with E-state index in [9.17, 15) is 50.7 Å². The van der Waals surface area contributed by atoms with Crippen molar-refractivity contribution in [3.8, 4) is 0 Å². The van der Waals surface area contributed by atoms with E-state index in [4.69, 9.17) is 14.2 Å². The molecule has 2 aliphatic heterocycles. The van der Waals surface area contributed by atoms with Crippen LogP contribution < -0.4 is 0 Å². The summed E-state index contributed by atoms with van der Waals surface area (Å²) in [4.78, 5) is 71.8. The molecule has 2 heterocycles. The fraction of sp³-hybridized carbons (Fsp3) is 0.500. The van der Waals surface area contributed by atoms with Crippen LogP contribution in [-0.2, 0) is 49.0 Å². The van der Waals surface area contributed by atoms with Crippen molar-refractivity contribution in [3.63, 3.8) is 0 Å². The van der Waals surface area contributed by atoms with Gasteiger partial charge in [-0.05, 0) is 0 Å². The lowest BCUT2D eigenvalue weighted by atomic mass is 10.0. The second-order valence-corrected chi connectivity index (χ2v) is 9.44. The standard InChI is InChI=1S/C12H12N2O14S2/c15-6-1-4(29(23,24)25)9(19)13(6)12(11(21)22,3-8(17)18)14-7(16)2-5(10(14)20)30(26,27)28/h4-5H,1-3H2,(H,17,18)(H,21,22)(H,23,24,25)(H,26,27,28). The van der Waals surface area contributed by atoms with Crippen molar-refractivity contribution in [1.29, 1.82) is 0 Å². The van der Waals surface area contributed by atoms with Crippen LogP contribution in [0.3, 0.4) is 0 Å². The number of carbonyl (C=O) groups excluding carboxylic acids is 4. The minimum Gasteiger partial charge on any atom is -0.481 e. The Morgan fingerprint density at radius 3 is 1.37 bits per heavy atom. The summed E-state index contributed by atoms with van der Waals surface area (Å²) >= 11 is 0. The summed E-state index contributed by atoms with van der Waals surface area (Å²) in [6.07, 6.45) is -4.54. The molecule has 2 atom stereocenters.